The van der Waals surface area contributed by atoms with Gasteiger partial charge in [-0.3, -0.25) is 4.79 Å². The number of rotatable bonds is 7. The molecule has 3 unspecified atom stereocenters. The zero-order chi connectivity index (χ0) is 14.5. The Morgan fingerprint density at radius 3 is 2.45 bits per heavy atom. The highest BCUT2D eigenvalue weighted by Crippen LogP contribution is 2.17. The van der Waals surface area contributed by atoms with Crippen molar-refractivity contribution in [2.24, 2.45) is 5.92 Å². The highest BCUT2D eigenvalue weighted by atomic mass is 16.6. The van der Waals surface area contributed by atoms with Crippen molar-refractivity contribution in [3.05, 3.63) is 35.4 Å². The molecule has 20 heavy (non-hydrogen) atoms. The van der Waals surface area contributed by atoms with Crippen LogP contribution in [-0.2, 0) is 27.1 Å². The average molecular weight is 276 g/mol. The monoisotopic (exact) mass is 276 g/mol. The molecule has 1 fully saturated rings. The first-order valence-electron chi connectivity index (χ1n) is 7.48. The van der Waals surface area contributed by atoms with Gasteiger partial charge in [0.1, 0.15) is 6.10 Å². The van der Waals surface area contributed by atoms with Crippen LogP contribution in [0.2, 0.25) is 0 Å². The van der Waals surface area contributed by atoms with E-state index in [0.29, 0.717) is 6.10 Å². The molecular weight excluding hydrogens is 252 g/mol. The lowest BCUT2D eigenvalue weighted by atomic mass is 10.0. The highest BCUT2D eigenvalue weighted by molar-refractivity contribution is 5.72. The van der Waals surface area contributed by atoms with Crippen LogP contribution in [-0.4, -0.2) is 24.8 Å². The lowest BCUT2D eigenvalue weighted by Crippen LogP contribution is -2.22. The van der Waals surface area contributed by atoms with E-state index in [1.807, 2.05) is 20.8 Å². The molecule has 1 aliphatic rings. The van der Waals surface area contributed by atoms with Gasteiger partial charge in [-0.15, -0.1) is 0 Å². The number of ether oxygens (including phenoxy) is 2. The fourth-order valence-corrected chi connectivity index (χ4v) is 2.11. The third-order valence-corrected chi connectivity index (χ3v) is 3.74. The van der Waals surface area contributed by atoms with E-state index in [4.69, 9.17) is 9.47 Å². The van der Waals surface area contributed by atoms with Crippen LogP contribution in [0.15, 0.2) is 24.3 Å². The van der Waals surface area contributed by atoms with Gasteiger partial charge in [0.2, 0.25) is 0 Å². The smallest absolute Gasteiger partial charge is 0.308 e. The van der Waals surface area contributed by atoms with Crippen molar-refractivity contribution in [3.63, 3.8) is 0 Å². The molecule has 1 aromatic carbocycles. The van der Waals surface area contributed by atoms with Gasteiger partial charge in [0.25, 0.3) is 0 Å². The van der Waals surface area contributed by atoms with Gasteiger partial charge >= 0.3 is 5.97 Å². The van der Waals surface area contributed by atoms with E-state index in [1.165, 1.54) is 11.1 Å². The third-order valence-electron chi connectivity index (χ3n) is 3.74. The summed E-state index contributed by atoms with van der Waals surface area (Å²) in [6.07, 6.45) is 2.94. The normalized spacial score (nSPS) is 20.2. The number of esters is 1. The zero-order valence-corrected chi connectivity index (χ0v) is 12.6. The molecule has 1 aliphatic heterocycles. The Labute approximate surface area is 121 Å². The minimum Gasteiger partial charge on any atom is -0.462 e. The average Bonchev–Trinajstić information content (AvgIpc) is 3.24. The maximum atomic E-state index is 11.7. The number of benzene rings is 1. The molecule has 3 heteroatoms. The van der Waals surface area contributed by atoms with E-state index < -0.39 is 0 Å². The van der Waals surface area contributed by atoms with Crippen LogP contribution < -0.4 is 0 Å². The van der Waals surface area contributed by atoms with Crippen LogP contribution in [0.3, 0.4) is 0 Å². The summed E-state index contributed by atoms with van der Waals surface area (Å²) in [6.45, 7) is 6.75. The Kier molecular flexibility index (Phi) is 5.18. The largest absolute Gasteiger partial charge is 0.462 e. The van der Waals surface area contributed by atoms with Crippen molar-refractivity contribution < 1.29 is 14.3 Å². The summed E-state index contributed by atoms with van der Waals surface area (Å²) < 4.78 is 10.7. The molecule has 0 aromatic heterocycles. The second-order valence-corrected chi connectivity index (χ2v) is 5.74. The Balaban J connectivity index is 1.80. The lowest BCUT2D eigenvalue weighted by molar-refractivity contribution is -0.152. The Hall–Kier alpha value is -1.35. The van der Waals surface area contributed by atoms with Gasteiger partial charge < -0.3 is 9.47 Å². The van der Waals surface area contributed by atoms with Gasteiger partial charge in [-0.25, -0.2) is 0 Å². The first-order valence-corrected chi connectivity index (χ1v) is 7.48. The van der Waals surface area contributed by atoms with Gasteiger partial charge in [0.05, 0.1) is 18.6 Å². The van der Waals surface area contributed by atoms with Crippen LogP contribution in [0, 0.1) is 5.92 Å². The molecule has 0 aliphatic carbocycles. The fraction of sp³-hybridized carbons (Fsp3) is 0.588. The molecule has 0 radical (unpaired) electrons. The first-order chi connectivity index (χ1) is 9.58. The molecule has 110 valence electrons. The predicted octanol–water partition coefficient (Wildman–Crippen LogP) is 3.15. The van der Waals surface area contributed by atoms with E-state index in [1.54, 1.807) is 0 Å². The quantitative estimate of drug-likeness (QED) is 0.567. The molecule has 0 spiro atoms. The van der Waals surface area contributed by atoms with Gasteiger partial charge in [-0.1, -0.05) is 38.1 Å². The minimum absolute atomic E-state index is 0.0154. The van der Waals surface area contributed by atoms with Gasteiger partial charge in [-0.2, -0.15) is 0 Å². The molecule has 1 heterocycles. The highest BCUT2D eigenvalue weighted by Gasteiger charge is 2.22. The minimum atomic E-state index is -0.0949. The Morgan fingerprint density at radius 2 is 1.90 bits per heavy atom. The molecular formula is C17H24O3. The maximum Gasteiger partial charge on any atom is 0.308 e. The van der Waals surface area contributed by atoms with Gasteiger partial charge in [-0.05, 0) is 24.5 Å². The standard InChI is InChI=1S/C17H24O3/c1-4-12(2)17(18)20-13(3)9-14-5-7-15(8-6-14)10-16-11-19-16/h5-8,12-13,16H,4,9-11H2,1-3H3. The molecule has 0 saturated carbocycles. The van der Waals surface area contributed by atoms with E-state index in [9.17, 15) is 4.79 Å². The maximum absolute atomic E-state index is 11.7. The summed E-state index contributed by atoms with van der Waals surface area (Å²) >= 11 is 0. The van der Waals surface area contributed by atoms with Crippen molar-refractivity contribution >= 4 is 5.97 Å². The van der Waals surface area contributed by atoms with Crippen molar-refractivity contribution in [2.45, 2.75) is 52.2 Å². The lowest BCUT2D eigenvalue weighted by Gasteiger charge is -2.16. The second-order valence-electron chi connectivity index (χ2n) is 5.74. The molecule has 0 amide bonds. The van der Waals surface area contributed by atoms with E-state index in [2.05, 4.69) is 24.3 Å². The van der Waals surface area contributed by atoms with Gasteiger partial charge in [0, 0.05) is 12.8 Å². The van der Waals surface area contributed by atoms with E-state index >= 15 is 0 Å². The molecule has 3 nitrogen and oxygen atoms in total. The molecule has 1 saturated heterocycles. The van der Waals surface area contributed by atoms with E-state index in [-0.39, 0.29) is 18.0 Å². The van der Waals surface area contributed by atoms with Crippen molar-refractivity contribution in [1.29, 1.82) is 0 Å². The Bertz CT molecular complexity index is 434. The van der Waals surface area contributed by atoms with Crippen LogP contribution in [0.25, 0.3) is 0 Å². The summed E-state index contributed by atoms with van der Waals surface area (Å²) in [6, 6.07) is 8.51. The van der Waals surface area contributed by atoms with E-state index in [0.717, 1.165) is 25.9 Å². The summed E-state index contributed by atoms with van der Waals surface area (Å²) in [5, 5.41) is 0. The summed E-state index contributed by atoms with van der Waals surface area (Å²) in [5.74, 6) is -0.110. The summed E-state index contributed by atoms with van der Waals surface area (Å²) in [4.78, 5) is 11.7. The fourth-order valence-electron chi connectivity index (χ4n) is 2.11. The topological polar surface area (TPSA) is 38.8 Å². The van der Waals surface area contributed by atoms with Crippen LogP contribution in [0.4, 0.5) is 0 Å². The van der Waals surface area contributed by atoms with Crippen molar-refractivity contribution in [1.82, 2.24) is 0 Å². The van der Waals surface area contributed by atoms with Crippen LogP contribution in [0.1, 0.15) is 38.3 Å². The van der Waals surface area contributed by atoms with Crippen LogP contribution >= 0.6 is 0 Å². The van der Waals surface area contributed by atoms with Crippen molar-refractivity contribution in [3.8, 4) is 0 Å². The number of epoxide rings is 1. The zero-order valence-electron chi connectivity index (χ0n) is 12.6. The number of carbonyl (C=O) groups excluding carboxylic acids is 1. The first kappa shape index (κ1) is 15.0. The molecule has 3 atom stereocenters. The molecule has 2 rings (SSSR count). The number of carbonyl (C=O) groups is 1. The Morgan fingerprint density at radius 1 is 1.30 bits per heavy atom. The number of hydrogen-bond donors (Lipinski definition) is 0. The summed E-state index contributed by atoms with van der Waals surface area (Å²) in [5.41, 5.74) is 2.51. The SMILES string of the molecule is CCC(C)C(=O)OC(C)Cc1ccc(CC2CO2)cc1. The molecule has 1 aromatic rings. The van der Waals surface area contributed by atoms with Gasteiger partial charge in [0.15, 0.2) is 0 Å². The summed E-state index contributed by atoms with van der Waals surface area (Å²) in [7, 11) is 0. The van der Waals surface area contributed by atoms with Crippen LogP contribution in [0.5, 0.6) is 0 Å². The predicted molar refractivity (Wildman–Crippen MR) is 78.6 cm³/mol. The van der Waals surface area contributed by atoms with Crippen molar-refractivity contribution in [2.75, 3.05) is 6.61 Å². The molecule has 0 N–H and O–H groups in total. The third kappa shape index (κ3) is 4.64. The number of hydrogen-bond acceptors (Lipinski definition) is 3. The molecule has 0 bridgehead atoms. The second kappa shape index (κ2) is 6.89.